The summed E-state index contributed by atoms with van der Waals surface area (Å²) >= 11 is 1.58. The van der Waals surface area contributed by atoms with Crippen molar-refractivity contribution in [2.75, 3.05) is 0 Å². The van der Waals surface area contributed by atoms with Crippen LogP contribution in [-0.2, 0) is 16.1 Å². The first-order chi connectivity index (χ1) is 9.66. The molecule has 1 aliphatic rings. The number of hydrogen-bond acceptors (Lipinski definition) is 4. The van der Waals surface area contributed by atoms with E-state index in [9.17, 15) is 9.59 Å². The zero-order valence-corrected chi connectivity index (χ0v) is 11.7. The van der Waals surface area contributed by atoms with Crippen LogP contribution >= 0.6 is 11.3 Å². The first-order valence-corrected chi connectivity index (χ1v) is 7.14. The highest BCUT2D eigenvalue weighted by atomic mass is 32.1. The lowest BCUT2D eigenvalue weighted by Gasteiger charge is -2.24. The van der Waals surface area contributed by atoms with Crippen LogP contribution in [0.25, 0.3) is 0 Å². The van der Waals surface area contributed by atoms with Crippen LogP contribution in [0.2, 0.25) is 0 Å². The number of esters is 1. The van der Waals surface area contributed by atoms with Gasteiger partial charge in [0.05, 0.1) is 6.54 Å². The van der Waals surface area contributed by atoms with E-state index in [2.05, 4.69) is 0 Å². The molecule has 2 heterocycles. The van der Waals surface area contributed by atoms with Crippen LogP contribution in [0, 0.1) is 0 Å². The van der Waals surface area contributed by atoms with Gasteiger partial charge < -0.3 is 4.74 Å². The second kappa shape index (κ2) is 5.09. The molecule has 4 nitrogen and oxygen atoms in total. The van der Waals surface area contributed by atoms with Gasteiger partial charge in [-0.2, -0.15) is 0 Å². The van der Waals surface area contributed by atoms with E-state index >= 15 is 0 Å². The molecule has 1 aromatic heterocycles. The molecule has 5 heteroatoms. The van der Waals surface area contributed by atoms with Crippen molar-refractivity contribution in [1.29, 1.82) is 0 Å². The lowest BCUT2D eigenvalue weighted by molar-refractivity contribution is -0.154. The highest BCUT2D eigenvalue weighted by Crippen LogP contribution is 2.36. The fourth-order valence-corrected chi connectivity index (χ4v) is 3.05. The van der Waals surface area contributed by atoms with Gasteiger partial charge in [0.15, 0.2) is 0 Å². The molecule has 20 heavy (non-hydrogen) atoms. The van der Waals surface area contributed by atoms with E-state index in [1.807, 2.05) is 35.7 Å². The summed E-state index contributed by atoms with van der Waals surface area (Å²) in [7, 11) is 0. The van der Waals surface area contributed by atoms with Crippen LogP contribution in [0.15, 0.2) is 41.8 Å². The normalized spacial score (nSPS) is 17.1. The Hall–Kier alpha value is -2.14. The fraction of sp³-hybridized carbons (Fsp3) is 0.200. The molecule has 0 spiro atoms. The Labute approximate surface area is 120 Å². The highest BCUT2D eigenvalue weighted by molar-refractivity contribution is 7.09. The van der Waals surface area contributed by atoms with Crippen molar-refractivity contribution in [3.05, 3.63) is 57.8 Å². The Morgan fingerprint density at radius 2 is 2.10 bits per heavy atom. The highest BCUT2D eigenvalue weighted by Gasteiger charge is 2.38. The Balaban J connectivity index is 1.96. The Morgan fingerprint density at radius 1 is 1.30 bits per heavy atom. The number of carbonyl (C=O) groups excluding carboxylic acids is 2. The van der Waals surface area contributed by atoms with E-state index in [0.717, 1.165) is 10.4 Å². The fourth-order valence-electron chi connectivity index (χ4n) is 2.35. The average Bonchev–Trinajstić information content (AvgIpc) is 3.02. The van der Waals surface area contributed by atoms with Crippen LogP contribution in [0.5, 0.6) is 0 Å². The minimum Gasteiger partial charge on any atom is -0.437 e. The predicted molar refractivity (Wildman–Crippen MR) is 75.1 cm³/mol. The van der Waals surface area contributed by atoms with Gasteiger partial charge in [0.1, 0.15) is 0 Å². The summed E-state index contributed by atoms with van der Waals surface area (Å²) in [5.74, 6) is -0.490. The summed E-state index contributed by atoms with van der Waals surface area (Å²) in [6.45, 7) is 1.80. The maximum atomic E-state index is 12.5. The summed E-state index contributed by atoms with van der Waals surface area (Å²) in [6, 6.07) is 11.2. The van der Waals surface area contributed by atoms with Gasteiger partial charge in [0.25, 0.3) is 5.91 Å². The minimum atomic E-state index is -0.627. The standard InChI is InChI=1S/C15H13NO3S/c1-10(17)19-15-13-7-3-2-6-12(13)14(18)16(15)9-11-5-4-8-20-11/h2-8,15H,9H2,1H3/t15-/m1/s1. The number of hydrogen-bond donors (Lipinski definition) is 0. The van der Waals surface area contributed by atoms with Crippen molar-refractivity contribution in [2.45, 2.75) is 19.7 Å². The summed E-state index contributed by atoms with van der Waals surface area (Å²) in [4.78, 5) is 26.4. The summed E-state index contributed by atoms with van der Waals surface area (Å²) in [5.41, 5.74) is 1.36. The molecule has 2 aromatic rings. The van der Waals surface area contributed by atoms with Crippen LogP contribution in [-0.4, -0.2) is 16.8 Å². The summed E-state index contributed by atoms with van der Waals surface area (Å²) in [6.07, 6.45) is -0.627. The van der Waals surface area contributed by atoms with E-state index in [0.29, 0.717) is 12.1 Å². The van der Waals surface area contributed by atoms with Crippen LogP contribution in [0.3, 0.4) is 0 Å². The van der Waals surface area contributed by atoms with E-state index in [4.69, 9.17) is 4.74 Å². The van der Waals surface area contributed by atoms with Crippen LogP contribution in [0.1, 0.15) is 34.0 Å². The Kier molecular flexibility index (Phi) is 3.28. The topological polar surface area (TPSA) is 46.6 Å². The molecular weight excluding hydrogens is 274 g/mol. The summed E-state index contributed by atoms with van der Waals surface area (Å²) < 4.78 is 5.34. The molecule has 0 saturated heterocycles. The van der Waals surface area contributed by atoms with E-state index in [1.54, 1.807) is 22.3 Å². The third-order valence-corrected chi connectivity index (χ3v) is 4.05. The lowest BCUT2D eigenvalue weighted by Crippen LogP contribution is -2.29. The van der Waals surface area contributed by atoms with Gasteiger partial charge in [0.2, 0.25) is 6.23 Å². The van der Waals surface area contributed by atoms with Gasteiger partial charge in [-0.25, -0.2) is 0 Å². The SMILES string of the molecule is CC(=O)O[C@@H]1c2ccccc2C(=O)N1Cc1cccs1. The maximum absolute atomic E-state index is 12.5. The number of ether oxygens (including phenoxy) is 1. The van der Waals surface area contributed by atoms with Crippen molar-refractivity contribution < 1.29 is 14.3 Å². The number of fused-ring (bicyclic) bond motifs is 1. The number of nitrogens with zero attached hydrogens (tertiary/aromatic N) is 1. The Bertz CT molecular complexity index is 651. The minimum absolute atomic E-state index is 0.0970. The van der Waals surface area contributed by atoms with Gasteiger partial charge >= 0.3 is 5.97 Å². The van der Waals surface area contributed by atoms with Gasteiger partial charge in [0, 0.05) is 22.9 Å². The van der Waals surface area contributed by atoms with Crippen molar-refractivity contribution in [2.24, 2.45) is 0 Å². The summed E-state index contributed by atoms with van der Waals surface area (Å²) in [5, 5.41) is 1.96. The van der Waals surface area contributed by atoms with Gasteiger partial charge in [-0.1, -0.05) is 24.3 Å². The Morgan fingerprint density at radius 3 is 2.80 bits per heavy atom. The third-order valence-electron chi connectivity index (χ3n) is 3.19. The number of thiophene rings is 1. The second-order valence-electron chi connectivity index (χ2n) is 4.56. The van der Waals surface area contributed by atoms with Gasteiger partial charge in [-0.3, -0.25) is 14.5 Å². The van der Waals surface area contributed by atoms with Crippen molar-refractivity contribution in [1.82, 2.24) is 4.90 Å². The predicted octanol–water partition coefficient (Wildman–Crippen LogP) is 2.97. The molecule has 0 saturated carbocycles. The van der Waals surface area contributed by atoms with E-state index in [1.165, 1.54) is 6.92 Å². The molecule has 1 aromatic carbocycles. The van der Waals surface area contributed by atoms with Crippen LogP contribution in [0.4, 0.5) is 0 Å². The smallest absolute Gasteiger partial charge is 0.304 e. The number of carbonyl (C=O) groups is 2. The molecule has 1 amide bonds. The van der Waals surface area contributed by atoms with E-state index < -0.39 is 12.2 Å². The quantitative estimate of drug-likeness (QED) is 0.815. The largest absolute Gasteiger partial charge is 0.437 e. The maximum Gasteiger partial charge on any atom is 0.304 e. The van der Waals surface area contributed by atoms with Crippen molar-refractivity contribution >= 4 is 23.2 Å². The van der Waals surface area contributed by atoms with Gasteiger partial charge in [-0.05, 0) is 17.5 Å². The zero-order chi connectivity index (χ0) is 14.1. The molecule has 0 radical (unpaired) electrons. The average molecular weight is 287 g/mol. The van der Waals surface area contributed by atoms with E-state index in [-0.39, 0.29) is 5.91 Å². The van der Waals surface area contributed by atoms with Crippen molar-refractivity contribution in [3.63, 3.8) is 0 Å². The van der Waals surface area contributed by atoms with Crippen LogP contribution < -0.4 is 0 Å². The number of amides is 1. The molecule has 0 unspecified atom stereocenters. The number of rotatable bonds is 3. The third kappa shape index (κ3) is 2.20. The molecule has 1 aliphatic heterocycles. The number of benzene rings is 1. The monoisotopic (exact) mass is 287 g/mol. The first-order valence-electron chi connectivity index (χ1n) is 6.26. The van der Waals surface area contributed by atoms with Crippen molar-refractivity contribution in [3.8, 4) is 0 Å². The van der Waals surface area contributed by atoms with Gasteiger partial charge in [-0.15, -0.1) is 11.3 Å². The second-order valence-corrected chi connectivity index (χ2v) is 5.59. The molecule has 102 valence electrons. The molecule has 0 bridgehead atoms. The molecular formula is C15H13NO3S. The molecule has 0 fully saturated rings. The molecule has 0 aliphatic carbocycles. The molecule has 3 rings (SSSR count). The molecule has 0 N–H and O–H groups in total. The molecule has 1 atom stereocenters. The zero-order valence-electron chi connectivity index (χ0n) is 10.9. The lowest BCUT2D eigenvalue weighted by atomic mass is 10.1. The first kappa shape index (κ1) is 12.9.